The van der Waals surface area contributed by atoms with Crippen LogP contribution in [0.4, 0.5) is 5.69 Å². The van der Waals surface area contributed by atoms with E-state index in [1.54, 1.807) is 61.5 Å². The Labute approximate surface area is 258 Å². The van der Waals surface area contributed by atoms with E-state index in [0.29, 0.717) is 40.2 Å². The third kappa shape index (κ3) is 8.63. The zero-order valence-electron chi connectivity index (χ0n) is 24.4. The molecule has 0 heterocycles. The first kappa shape index (κ1) is 33.2. The minimum Gasteiger partial charge on any atom is -0.494 e. The Bertz CT molecular complexity index is 1480. The van der Waals surface area contributed by atoms with Crippen molar-refractivity contribution < 1.29 is 22.7 Å². The van der Waals surface area contributed by atoms with Gasteiger partial charge in [-0.1, -0.05) is 60.8 Å². The highest BCUT2D eigenvalue weighted by Crippen LogP contribution is 2.27. The lowest BCUT2D eigenvalue weighted by atomic mass is 10.1. The van der Waals surface area contributed by atoms with Gasteiger partial charge in [0.15, 0.2) is 0 Å². The number of hydrogen-bond acceptors (Lipinski definition) is 5. The molecule has 0 aliphatic rings. The molecule has 0 aromatic heterocycles. The van der Waals surface area contributed by atoms with Crippen molar-refractivity contribution in [2.75, 3.05) is 24.0 Å². The Hall–Kier alpha value is -3.27. The van der Waals surface area contributed by atoms with Crippen molar-refractivity contribution >= 4 is 50.7 Å². The summed E-state index contributed by atoms with van der Waals surface area (Å²) in [5.74, 6) is -0.212. The van der Waals surface area contributed by atoms with Gasteiger partial charge in [0.25, 0.3) is 10.0 Å². The fraction of sp³-hybridized carbons (Fsp3) is 0.355. The summed E-state index contributed by atoms with van der Waals surface area (Å²) < 4.78 is 34.5. The van der Waals surface area contributed by atoms with Crippen molar-refractivity contribution in [1.29, 1.82) is 0 Å². The third-order valence-electron chi connectivity index (χ3n) is 6.53. The highest BCUT2D eigenvalue weighted by atomic mass is 35.5. The number of aryl methyl sites for hydroxylation is 1. The number of ether oxygens (including phenoxy) is 1. The maximum Gasteiger partial charge on any atom is 0.264 e. The largest absolute Gasteiger partial charge is 0.494 e. The van der Waals surface area contributed by atoms with E-state index in [4.69, 9.17) is 27.9 Å². The zero-order chi connectivity index (χ0) is 31.0. The zero-order valence-corrected chi connectivity index (χ0v) is 26.8. The number of nitrogens with one attached hydrogen (secondary N) is 1. The second-order valence-corrected chi connectivity index (χ2v) is 13.0. The van der Waals surface area contributed by atoms with E-state index in [9.17, 15) is 18.0 Å². The molecule has 0 bridgehead atoms. The molecule has 0 aliphatic heterocycles. The number of sulfonamides is 1. The molecule has 2 amide bonds. The number of carbonyl (C=O) groups excluding carboxylic acids is 2. The van der Waals surface area contributed by atoms with Crippen LogP contribution in [-0.2, 0) is 26.2 Å². The average molecular weight is 635 g/mol. The Morgan fingerprint density at radius 3 is 2.17 bits per heavy atom. The first-order valence-corrected chi connectivity index (χ1v) is 15.9. The van der Waals surface area contributed by atoms with E-state index >= 15 is 0 Å². The molecule has 0 fully saturated rings. The number of amides is 2. The molecule has 8 nitrogen and oxygen atoms in total. The fourth-order valence-corrected chi connectivity index (χ4v) is 5.99. The van der Waals surface area contributed by atoms with Gasteiger partial charge in [-0.25, -0.2) is 8.42 Å². The normalized spacial score (nSPS) is 12.1. The highest BCUT2D eigenvalue weighted by molar-refractivity contribution is 7.92. The molecule has 0 radical (unpaired) electrons. The van der Waals surface area contributed by atoms with Gasteiger partial charge in [0.2, 0.25) is 11.8 Å². The Morgan fingerprint density at radius 2 is 1.60 bits per heavy atom. The molecule has 3 rings (SSSR count). The van der Waals surface area contributed by atoms with Gasteiger partial charge < -0.3 is 15.0 Å². The second kappa shape index (κ2) is 14.8. The summed E-state index contributed by atoms with van der Waals surface area (Å²) in [5, 5.41) is 3.61. The molecule has 226 valence electrons. The summed E-state index contributed by atoms with van der Waals surface area (Å²) in [6.07, 6.45) is 0. The summed E-state index contributed by atoms with van der Waals surface area (Å²) >= 11 is 12.5. The number of carbonyl (C=O) groups is 2. The van der Waals surface area contributed by atoms with Crippen LogP contribution < -0.4 is 14.4 Å². The van der Waals surface area contributed by atoms with E-state index in [2.05, 4.69) is 5.32 Å². The van der Waals surface area contributed by atoms with Crippen LogP contribution in [0.2, 0.25) is 10.0 Å². The standard InChI is InChI=1S/C31H37Cl2N3O5S/c1-6-41-27-13-15-28(16-14-27)42(39,40)36(26-11-7-22(4)8-12-26)20-30(37)35(23(5)31(38)34-18-21(2)3)19-24-9-10-25(32)17-29(24)33/h7-17,21,23H,6,18-20H2,1-5H3,(H,34,38)/t23-/m1/s1. The molecule has 1 N–H and O–H groups in total. The molecule has 0 unspecified atom stereocenters. The summed E-state index contributed by atoms with van der Waals surface area (Å²) in [6.45, 7) is 9.54. The van der Waals surface area contributed by atoms with Crippen LogP contribution in [-0.4, -0.2) is 50.9 Å². The van der Waals surface area contributed by atoms with E-state index in [1.165, 1.54) is 17.0 Å². The summed E-state index contributed by atoms with van der Waals surface area (Å²) in [6, 6.07) is 16.8. The van der Waals surface area contributed by atoms with Crippen LogP contribution in [0.1, 0.15) is 38.8 Å². The molecule has 0 saturated carbocycles. The van der Waals surface area contributed by atoms with Gasteiger partial charge in [-0.2, -0.15) is 0 Å². The van der Waals surface area contributed by atoms with Gasteiger partial charge in [0.1, 0.15) is 18.3 Å². The first-order chi connectivity index (χ1) is 19.8. The van der Waals surface area contributed by atoms with Crippen molar-refractivity contribution in [3.05, 3.63) is 87.9 Å². The van der Waals surface area contributed by atoms with Crippen molar-refractivity contribution in [3.63, 3.8) is 0 Å². The van der Waals surface area contributed by atoms with Crippen molar-refractivity contribution in [2.45, 2.75) is 52.1 Å². The van der Waals surface area contributed by atoms with Crippen molar-refractivity contribution in [1.82, 2.24) is 10.2 Å². The van der Waals surface area contributed by atoms with E-state index in [-0.39, 0.29) is 23.3 Å². The summed E-state index contributed by atoms with van der Waals surface area (Å²) in [5.41, 5.74) is 1.80. The minimum atomic E-state index is -4.20. The van der Waals surface area contributed by atoms with Crippen LogP contribution in [0.15, 0.2) is 71.6 Å². The maximum absolute atomic E-state index is 14.0. The number of hydrogen-bond donors (Lipinski definition) is 1. The molecular weight excluding hydrogens is 597 g/mol. The van der Waals surface area contributed by atoms with Gasteiger partial charge in [-0.3, -0.25) is 13.9 Å². The van der Waals surface area contributed by atoms with Gasteiger partial charge in [-0.15, -0.1) is 0 Å². The molecule has 0 aliphatic carbocycles. The predicted molar refractivity (Wildman–Crippen MR) is 168 cm³/mol. The van der Waals surface area contributed by atoms with Crippen LogP contribution in [0.3, 0.4) is 0 Å². The van der Waals surface area contributed by atoms with Gasteiger partial charge >= 0.3 is 0 Å². The minimum absolute atomic E-state index is 0.00523. The predicted octanol–water partition coefficient (Wildman–Crippen LogP) is 6.09. The lowest BCUT2D eigenvalue weighted by Gasteiger charge is -2.32. The summed E-state index contributed by atoms with van der Waals surface area (Å²) in [4.78, 5) is 28.5. The van der Waals surface area contributed by atoms with Crippen LogP contribution in [0, 0.1) is 12.8 Å². The van der Waals surface area contributed by atoms with Crippen LogP contribution >= 0.6 is 23.2 Å². The van der Waals surface area contributed by atoms with Gasteiger partial charge in [0, 0.05) is 23.1 Å². The SMILES string of the molecule is CCOc1ccc(S(=O)(=O)N(CC(=O)N(Cc2ccc(Cl)cc2Cl)[C@H](C)C(=O)NCC(C)C)c2ccc(C)cc2)cc1. The Morgan fingerprint density at radius 1 is 0.952 bits per heavy atom. The quantitative estimate of drug-likeness (QED) is 0.246. The molecule has 3 aromatic rings. The molecule has 42 heavy (non-hydrogen) atoms. The van der Waals surface area contributed by atoms with E-state index in [0.717, 1.165) is 9.87 Å². The van der Waals surface area contributed by atoms with E-state index in [1.807, 2.05) is 27.7 Å². The van der Waals surface area contributed by atoms with Crippen LogP contribution in [0.25, 0.3) is 0 Å². The number of halogens is 2. The van der Waals surface area contributed by atoms with Gasteiger partial charge in [0.05, 0.1) is 17.2 Å². The Kier molecular flexibility index (Phi) is 11.7. The fourth-order valence-electron chi connectivity index (χ4n) is 4.11. The lowest BCUT2D eigenvalue weighted by Crippen LogP contribution is -2.51. The average Bonchev–Trinajstić information content (AvgIpc) is 2.94. The first-order valence-electron chi connectivity index (χ1n) is 13.7. The molecule has 0 saturated heterocycles. The molecule has 0 spiro atoms. The molecule has 11 heteroatoms. The summed E-state index contributed by atoms with van der Waals surface area (Å²) in [7, 11) is -4.20. The number of anilines is 1. The van der Waals surface area contributed by atoms with Crippen molar-refractivity contribution in [3.8, 4) is 5.75 Å². The number of benzene rings is 3. The van der Waals surface area contributed by atoms with Gasteiger partial charge in [-0.05, 0) is 80.8 Å². The Balaban J connectivity index is 2.02. The second-order valence-electron chi connectivity index (χ2n) is 10.3. The smallest absolute Gasteiger partial charge is 0.264 e. The lowest BCUT2D eigenvalue weighted by molar-refractivity contribution is -0.139. The highest BCUT2D eigenvalue weighted by Gasteiger charge is 2.33. The molecular formula is C31H37Cl2N3O5S. The molecule has 1 atom stereocenters. The van der Waals surface area contributed by atoms with Crippen LogP contribution in [0.5, 0.6) is 5.75 Å². The number of nitrogens with zero attached hydrogens (tertiary/aromatic N) is 2. The maximum atomic E-state index is 14.0. The van der Waals surface area contributed by atoms with E-state index < -0.39 is 28.5 Å². The molecule has 3 aromatic carbocycles. The monoisotopic (exact) mass is 633 g/mol. The topological polar surface area (TPSA) is 96.0 Å². The number of rotatable bonds is 13. The third-order valence-corrected chi connectivity index (χ3v) is 8.91. The van der Waals surface area contributed by atoms with Crippen molar-refractivity contribution in [2.24, 2.45) is 5.92 Å².